The van der Waals surface area contributed by atoms with Crippen LogP contribution in [-0.2, 0) is 14.8 Å². The van der Waals surface area contributed by atoms with E-state index in [4.69, 9.17) is 4.74 Å². The summed E-state index contributed by atoms with van der Waals surface area (Å²) in [6.07, 6.45) is 0.803. The summed E-state index contributed by atoms with van der Waals surface area (Å²) in [6.45, 7) is 5.59. The molecule has 6 nitrogen and oxygen atoms in total. The van der Waals surface area contributed by atoms with E-state index in [0.717, 1.165) is 12.8 Å². The minimum atomic E-state index is -3.47. The van der Waals surface area contributed by atoms with Crippen LogP contribution in [0.1, 0.15) is 33.6 Å². The van der Waals surface area contributed by atoms with Gasteiger partial charge in [-0.15, -0.1) is 0 Å². The van der Waals surface area contributed by atoms with Crippen LogP contribution in [0.5, 0.6) is 5.75 Å². The van der Waals surface area contributed by atoms with E-state index in [1.54, 1.807) is 31.2 Å². The van der Waals surface area contributed by atoms with E-state index in [2.05, 4.69) is 5.32 Å². The Morgan fingerprint density at radius 1 is 1.30 bits per heavy atom. The maximum Gasteiger partial charge on any atom is 0.263 e. The molecule has 1 aliphatic rings. The van der Waals surface area contributed by atoms with Gasteiger partial charge in [-0.05, 0) is 31.9 Å². The minimum Gasteiger partial charge on any atom is -0.476 e. The lowest BCUT2D eigenvalue weighted by Crippen LogP contribution is -2.52. The fourth-order valence-corrected chi connectivity index (χ4v) is 3.67. The standard InChI is InChI=1S/C16H24N2O4S/c1-4-12(5-2)17-16(19)15-11-18(23(20,21)6-3)13-9-7-8-10-14(13)22-15/h7-10,12,15H,4-6,11H2,1-3H3,(H,17,19). The van der Waals surface area contributed by atoms with Crippen LogP contribution >= 0.6 is 0 Å². The van der Waals surface area contributed by atoms with E-state index in [-0.39, 0.29) is 24.2 Å². The molecule has 2 rings (SSSR count). The Kier molecular flexibility index (Phi) is 5.51. The molecule has 0 bridgehead atoms. The first-order chi connectivity index (χ1) is 10.9. The van der Waals surface area contributed by atoms with Crippen LogP contribution in [0.15, 0.2) is 24.3 Å². The van der Waals surface area contributed by atoms with Gasteiger partial charge in [0.1, 0.15) is 5.75 Å². The van der Waals surface area contributed by atoms with Crippen molar-refractivity contribution in [2.24, 2.45) is 0 Å². The number of nitrogens with zero attached hydrogens (tertiary/aromatic N) is 1. The van der Waals surface area contributed by atoms with Crippen LogP contribution in [0.4, 0.5) is 5.69 Å². The fourth-order valence-electron chi connectivity index (χ4n) is 2.54. The molecule has 1 atom stereocenters. The Balaban J connectivity index is 2.28. The molecule has 23 heavy (non-hydrogen) atoms. The highest BCUT2D eigenvalue weighted by Gasteiger charge is 2.36. The predicted octanol–water partition coefficient (Wildman–Crippen LogP) is 1.91. The third kappa shape index (κ3) is 3.77. The Labute approximate surface area is 137 Å². The lowest BCUT2D eigenvalue weighted by Gasteiger charge is -2.35. The number of para-hydroxylation sites is 2. The number of carbonyl (C=O) groups is 1. The molecule has 1 N–H and O–H groups in total. The van der Waals surface area contributed by atoms with Gasteiger partial charge < -0.3 is 10.1 Å². The van der Waals surface area contributed by atoms with E-state index in [1.165, 1.54) is 4.31 Å². The van der Waals surface area contributed by atoms with Gasteiger partial charge in [0.05, 0.1) is 18.0 Å². The molecule has 1 unspecified atom stereocenters. The molecule has 128 valence electrons. The summed E-state index contributed by atoms with van der Waals surface area (Å²) in [5, 5.41) is 2.92. The monoisotopic (exact) mass is 340 g/mol. The first kappa shape index (κ1) is 17.6. The maximum absolute atomic E-state index is 12.4. The Morgan fingerprint density at radius 2 is 1.96 bits per heavy atom. The molecule has 0 radical (unpaired) electrons. The van der Waals surface area contributed by atoms with Crippen molar-refractivity contribution in [2.45, 2.75) is 45.8 Å². The van der Waals surface area contributed by atoms with E-state index in [0.29, 0.717) is 11.4 Å². The zero-order valence-corrected chi connectivity index (χ0v) is 14.6. The highest BCUT2D eigenvalue weighted by molar-refractivity contribution is 7.92. The maximum atomic E-state index is 12.4. The van der Waals surface area contributed by atoms with Gasteiger partial charge in [-0.2, -0.15) is 0 Å². The number of sulfonamides is 1. The lowest BCUT2D eigenvalue weighted by atomic mass is 10.1. The molecule has 0 saturated heterocycles. The van der Waals surface area contributed by atoms with Crippen molar-refractivity contribution >= 4 is 21.6 Å². The smallest absolute Gasteiger partial charge is 0.263 e. The molecular weight excluding hydrogens is 316 g/mol. The van der Waals surface area contributed by atoms with Crippen molar-refractivity contribution in [3.05, 3.63) is 24.3 Å². The summed E-state index contributed by atoms with van der Waals surface area (Å²) in [5.41, 5.74) is 0.487. The first-order valence-electron chi connectivity index (χ1n) is 7.99. The summed E-state index contributed by atoms with van der Waals surface area (Å²) < 4.78 is 31.7. The number of rotatable bonds is 6. The molecule has 0 aliphatic carbocycles. The fraction of sp³-hybridized carbons (Fsp3) is 0.562. The number of benzene rings is 1. The molecular formula is C16H24N2O4S. The number of carbonyl (C=O) groups excluding carboxylic acids is 1. The number of fused-ring (bicyclic) bond motifs is 1. The zero-order chi connectivity index (χ0) is 17.0. The van der Waals surface area contributed by atoms with Gasteiger partial charge in [0, 0.05) is 6.04 Å². The quantitative estimate of drug-likeness (QED) is 0.858. The van der Waals surface area contributed by atoms with Crippen molar-refractivity contribution < 1.29 is 17.9 Å². The largest absolute Gasteiger partial charge is 0.476 e. The summed E-state index contributed by atoms with van der Waals surface area (Å²) in [4.78, 5) is 12.4. The normalized spacial score (nSPS) is 17.6. The molecule has 0 fully saturated rings. The number of nitrogens with one attached hydrogen (secondary N) is 1. The number of ether oxygens (including phenoxy) is 1. The van der Waals surface area contributed by atoms with Crippen LogP contribution in [0, 0.1) is 0 Å². The summed E-state index contributed by atoms with van der Waals surface area (Å²) >= 11 is 0. The summed E-state index contributed by atoms with van der Waals surface area (Å²) in [7, 11) is -3.47. The van der Waals surface area contributed by atoms with Crippen LogP contribution in [0.3, 0.4) is 0 Å². The van der Waals surface area contributed by atoms with Gasteiger partial charge in [0.2, 0.25) is 10.0 Å². The third-order valence-corrected chi connectivity index (χ3v) is 5.81. The number of anilines is 1. The number of amides is 1. The van der Waals surface area contributed by atoms with Crippen molar-refractivity contribution in [1.29, 1.82) is 0 Å². The van der Waals surface area contributed by atoms with Crippen LogP contribution < -0.4 is 14.4 Å². The van der Waals surface area contributed by atoms with Gasteiger partial charge in [-0.3, -0.25) is 9.10 Å². The van der Waals surface area contributed by atoms with Gasteiger partial charge in [-0.1, -0.05) is 26.0 Å². The second-order valence-corrected chi connectivity index (χ2v) is 7.71. The van der Waals surface area contributed by atoms with Gasteiger partial charge >= 0.3 is 0 Å². The molecule has 1 aliphatic heterocycles. The summed E-state index contributed by atoms with van der Waals surface area (Å²) in [6, 6.07) is 6.96. The van der Waals surface area contributed by atoms with Crippen molar-refractivity contribution in [2.75, 3.05) is 16.6 Å². The predicted molar refractivity (Wildman–Crippen MR) is 90.2 cm³/mol. The average Bonchev–Trinajstić information content (AvgIpc) is 2.58. The zero-order valence-electron chi connectivity index (χ0n) is 13.8. The second-order valence-electron chi connectivity index (χ2n) is 5.53. The highest BCUT2D eigenvalue weighted by Crippen LogP contribution is 2.35. The molecule has 0 aromatic heterocycles. The van der Waals surface area contributed by atoms with Gasteiger partial charge in [0.25, 0.3) is 5.91 Å². The molecule has 0 saturated carbocycles. The van der Waals surface area contributed by atoms with Crippen LogP contribution in [0.25, 0.3) is 0 Å². The first-order valence-corrected chi connectivity index (χ1v) is 9.60. The van der Waals surface area contributed by atoms with Crippen molar-refractivity contribution in [1.82, 2.24) is 5.32 Å². The van der Waals surface area contributed by atoms with Gasteiger partial charge in [-0.25, -0.2) is 8.42 Å². The van der Waals surface area contributed by atoms with Crippen molar-refractivity contribution in [3.63, 3.8) is 0 Å². The number of hydrogen-bond acceptors (Lipinski definition) is 4. The van der Waals surface area contributed by atoms with Gasteiger partial charge in [0.15, 0.2) is 6.10 Å². The lowest BCUT2D eigenvalue weighted by molar-refractivity contribution is -0.128. The molecule has 1 heterocycles. The Hall–Kier alpha value is -1.76. The topological polar surface area (TPSA) is 75.7 Å². The SMILES string of the molecule is CCC(CC)NC(=O)C1CN(S(=O)(=O)CC)c2ccccc2O1. The van der Waals surface area contributed by atoms with E-state index in [1.807, 2.05) is 13.8 Å². The van der Waals surface area contributed by atoms with Crippen molar-refractivity contribution in [3.8, 4) is 5.75 Å². The minimum absolute atomic E-state index is 0.000825. The average molecular weight is 340 g/mol. The van der Waals surface area contributed by atoms with Crippen LogP contribution in [-0.4, -0.2) is 38.8 Å². The van der Waals surface area contributed by atoms with E-state index >= 15 is 0 Å². The molecule has 7 heteroatoms. The second kappa shape index (κ2) is 7.21. The molecule has 1 amide bonds. The molecule has 1 aromatic rings. The Bertz CT molecular complexity index is 656. The highest BCUT2D eigenvalue weighted by atomic mass is 32.2. The number of hydrogen-bond donors (Lipinski definition) is 1. The Morgan fingerprint density at radius 3 is 2.57 bits per heavy atom. The van der Waals surface area contributed by atoms with E-state index in [9.17, 15) is 13.2 Å². The third-order valence-electron chi connectivity index (χ3n) is 4.06. The molecule has 0 spiro atoms. The van der Waals surface area contributed by atoms with E-state index < -0.39 is 16.1 Å². The van der Waals surface area contributed by atoms with Crippen LogP contribution in [0.2, 0.25) is 0 Å². The molecule has 1 aromatic carbocycles. The summed E-state index contributed by atoms with van der Waals surface area (Å²) in [5.74, 6) is 0.118.